The zero-order valence-corrected chi connectivity index (χ0v) is 11.8. The van der Waals surface area contributed by atoms with Crippen LogP contribution in [0.4, 0.5) is 0 Å². The van der Waals surface area contributed by atoms with Crippen LogP contribution in [0.5, 0.6) is 0 Å². The first-order valence-electron chi connectivity index (χ1n) is 6.65. The zero-order valence-electron chi connectivity index (χ0n) is 11.8. The predicted molar refractivity (Wildman–Crippen MR) is 77.0 cm³/mol. The third-order valence-corrected chi connectivity index (χ3v) is 3.29. The Bertz CT molecular complexity index is 602. The molecule has 0 fully saturated rings. The zero-order chi connectivity index (χ0) is 14.5. The molecular formula is C16H19NO3. The van der Waals surface area contributed by atoms with E-state index in [1.54, 1.807) is 13.0 Å². The van der Waals surface area contributed by atoms with Crippen LogP contribution in [-0.4, -0.2) is 17.6 Å². The van der Waals surface area contributed by atoms with Crippen LogP contribution >= 0.6 is 0 Å². The molecule has 4 heteroatoms. The summed E-state index contributed by atoms with van der Waals surface area (Å²) in [6.45, 7) is 5.21. The Hall–Kier alpha value is -2.07. The molecule has 0 spiro atoms. The Morgan fingerprint density at radius 2 is 2.00 bits per heavy atom. The van der Waals surface area contributed by atoms with E-state index in [9.17, 15) is 4.79 Å². The highest BCUT2D eigenvalue weighted by atomic mass is 16.4. The molecule has 0 aliphatic rings. The fourth-order valence-corrected chi connectivity index (χ4v) is 2.17. The predicted octanol–water partition coefficient (Wildman–Crippen LogP) is 2.93. The number of hydrogen-bond acceptors (Lipinski definition) is 3. The van der Waals surface area contributed by atoms with Gasteiger partial charge in [-0.05, 0) is 44.0 Å². The van der Waals surface area contributed by atoms with Crippen molar-refractivity contribution in [3.63, 3.8) is 0 Å². The van der Waals surface area contributed by atoms with Crippen LogP contribution in [0.15, 0.2) is 34.7 Å². The molecule has 1 aromatic heterocycles. The van der Waals surface area contributed by atoms with Crippen molar-refractivity contribution in [2.24, 2.45) is 0 Å². The van der Waals surface area contributed by atoms with Gasteiger partial charge in [0.1, 0.15) is 5.76 Å². The molecule has 2 aromatic rings. The number of carboxylic acids is 1. The number of carbonyl (C=O) groups is 1. The number of rotatable bonds is 6. The van der Waals surface area contributed by atoms with Gasteiger partial charge in [-0.15, -0.1) is 0 Å². The van der Waals surface area contributed by atoms with Gasteiger partial charge in [-0.1, -0.05) is 24.3 Å². The standard InChI is InChI=1S/C16H19NO3/c1-11-5-3-4-6-13(11)7-8-17-10-14-9-12(2)15(20-14)16(18)19/h3-6,9,17H,7-8,10H2,1-2H3,(H,18,19). The number of aryl methyl sites for hydroxylation is 2. The minimum Gasteiger partial charge on any atom is -0.475 e. The largest absolute Gasteiger partial charge is 0.475 e. The van der Waals surface area contributed by atoms with E-state index in [0.29, 0.717) is 17.9 Å². The molecule has 106 valence electrons. The fourth-order valence-electron chi connectivity index (χ4n) is 2.17. The van der Waals surface area contributed by atoms with Crippen molar-refractivity contribution in [3.8, 4) is 0 Å². The van der Waals surface area contributed by atoms with Crippen LogP contribution in [0, 0.1) is 13.8 Å². The molecule has 0 amide bonds. The van der Waals surface area contributed by atoms with Crippen molar-refractivity contribution in [1.82, 2.24) is 5.32 Å². The van der Waals surface area contributed by atoms with E-state index < -0.39 is 5.97 Å². The molecular weight excluding hydrogens is 254 g/mol. The van der Waals surface area contributed by atoms with Crippen LogP contribution in [0.25, 0.3) is 0 Å². The van der Waals surface area contributed by atoms with Gasteiger partial charge in [0, 0.05) is 5.56 Å². The van der Waals surface area contributed by atoms with E-state index in [1.807, 2.05) is 12.1 Å². The normalized spacial score (nSPS) is 10.7. The molecule has 2 N–H and O–H groups in total. The Morgan fingerprint density at radius 1 is 1.25 bits per heavy atom. The lowest BCUT2D eigenvalue weighted by Crippen LogP contribution is -2.16. The van der Waals surface area contributed by atoms with Gasteiger partial charge >= 0.3 is 5.97 Å². The summed E-state index contributed by atoms with van der Waals surface area (Å²) >= 11 is 0. The molecule has 0 unspecified atom stereocenters. The molecule has 0 atom stereocenters. The summed E-state index contributed by atoms with van der Waals surface area (Å²) in [5.41, 5.74) is 3.27. The van der Waals surface area contributed by atoms with Crippen molar-refractivity contribution >= 4 is 5.97 Å². The lowest BCUT2D eigenvalue weighted by molar-refractivity contribution is 0.0659. The number of nitrogens with one attached hydrogen (secondary N) is 1. The van der Waals surface area contributed by atoms with Crippen molar-refractivity contribution in [3.05, 3.63) is 58.5 Å². The van der Waals surface area contributed by atoms with E-state index in [-0.39, 0.29) is 5.76 Å². The molecule has 20 heavy (non-hydrogen) atoms. The van der Waals surface area contributed by atoms with Gasteiger partial charge in [-0.25, -0.2) is 4.79 Å². The minimum atomic E-state index is -1.02. The van der Waals surface area contributed by atoms with E-state index in [1.165, 1.54) is 11.1 Å². The van der Waals surface area contributed by atoms with Gasteiger partial charge in [-0.2, -0.15) is 0 Å². The van der Waals surface area contributed by atoms with Gasteiger partial charge in [-0.3, -0.25) is 0 Å². The lowest BCUT2D eigenvalue weighted by Gasteiger charge is -2.06. The summed E-state index contributed by atoms with van der Waals surface area (Å²) in [5, 5.41) is 12.2. The highest BCUT2D eigenvalue weighted by Gasteiger charge is 2.13. The van der Waals surface area contributed by atoms with Crippen LogP contribution < -0.4 is 5.32 Å². The smallest absolute Gasteiger partial charge is 0.372 e. The SMILES string of the molecule is Cc1ccccc1CCNCc1cc(C)c(C(=O)O)o1. The minimum absolute atomic E-state index is 0.0284. The third-order valence-electron chi connectivity index (χ3n) is 3.29. The monoisotopic (exact) mass is 273 g/mol. The van der Waals surface area contributed by atoms with Gasteiger partial charge in [0.25, 0.3) is 0 Å². The summed E-state index contributed by atoms with van der Waals surface area (Å²) in [5.74, 6) is -0.334. The Morgan fingerprint density at radius 3 is 2.65 bits per heavy atom. The van der Waals surface area contributed by atoms with Crippen LogP contribution in [-0.2, 0) is 13.0 Å². The molecule has 0 aliphatic carbocycles. The number of carboxylic acid groups (broad SMARTS) is 1. The molecule has 0 saturated heterocycles. The van der Waals surface area contributed by atoms with E-state index in [2.05, 4.69) is 24.4 Å². The molecule has 0 aliphatic heterocycles. The lowest BCUT2D eigenvalue weighted by atomic mass is 10.1. The average molecular weight is 273 g/mol. The van der Waals surface area contributed by atoms with Gasteiger partial charge < -0.3 is 14.8 Å². The van der Waals surface area contributed by atoms with Crippen LogP contribution in [0.3, 0.4) is 0 Å². The molecule has 0 saturated carbocycles. The van der Waals surface area contributed by atoms with Crippen molar-refractivity contribution in [2.45, 2.75) is 26.8 Å². The number of benzene rings is 1. The number of aromatic carboxylic acids is 1. The summed E-state index contributed by atoms with van der Waals surface area (Å²) in [7, 11) is 0. The number of hydrogen-bond donors (Lipinski definition) is 2. The van der Waals surface area contributed by atoms with Crippen molar-refractivity contribution in [1.29, 1.82) is 0 Å². The van der Waals surface area contributed by atoms with Gasteiger partial charge in [0.05, 0.1) is 6.54 Å². The van der Waals surface area contributed by atoms with Crippen LogP contribution in [0.1, 0.15) is 33.0 Å². The summed E-state index contributed by atoms with van der Waals surface area (Å²) in [6, 6.07) is 10.1. The fraction of sp³-hybridized carbons (Fsp3) is 0.312. The molecule has 4 nitrogen and oxygen atoms in total. The van der Waals surface area contributed by atoms with E-state index >= 15 is 0 Å². The molecule has 1 heterocycles. The first-order valence-corrected chi connectivity index (χ1v) is 6.65. The van der Waals surface area contributed by atoms with E-state index in [4.69, 9.17) is 9.52 Å². The second-order valence-corrected chi connectivity index (χ2v) is 4.88. The second-order valence-electron chi connectivity index (χ2n) is 4.88. The van der Waals surface area contributed by atoms with E-state index in [0.717, 1.165) is 13.0 Å². The van der Waals surface area contributed by atoms with Crippen molar-refractivity contribution in [2.75, 3.05) is 6.54 Å². The Labute approximate surface area is 118 Å². The maximum Gasteiger partial charge on any atom is 0.372 e. The summed E-state index contributed by atoms with van der Waals surface area (Å²) < 4.78 is 5.29. The topological polar surface area (TPSA) is 62.5 Å². The first-order chi connectivity index (χ1) is 9.58. The van der Waals surface area contributed by atoms with Crippen LogP contribution in [0.2, 0.25) is 0 Å². The summed E-state index contributed by atoms with van der Waals surface area (Å²) in [4.78, 5) is 10.9. The Balaban J connectivity index is 1.83. The molecule has 1 aromatic carbocycles. The number of furan rings is 1. The Kier molecular flexibility index (Phi) is 4.58. The van der Waals surface area contributed by atoms with Gasteiger partial charge in [0.2, 0.25) is 5.76 Å². The van der Waals surface area contributed by atoms with Gasteiger partial charge in [0.15, 0.2) is 0 Å². The quantitative estimate of drug-likeness (QED) is 0.794. The highest BCUT2D eigenvalue weighted by molar-refractivity contribution is 5.86. The second kappa shape index (κ2) is 6.39. The first kappa shape index (κ1) is 14.3. The average Bonchev–Trinajstić information content (AvgIpc) is 2.78. The molecule has 0 radical (unpaired) electrons. The maximum atomic E-state index is 10.9. The van der Waals surface area contributed by atoms with Crippen molar-refractivity contribution < 1.29 is 14.3 Å². The highest BCUT2D eigenvalue weighted by Crippen LogP contribution is 2.14. The maximum absolute atomic E-state index is 10.9. The summed E-state index contributed by atoms with van der Waals surface area (Å²) in [6.07, 6.45) is 0.943. The third kappa shape index (κ3) is 3.48. The molecule has 0 bridgehead atoms. The molecule has 2 rings (SSSR count).